The summed E-state index contributed by atoms with van der Waals surface area (Å²) in [5.41, 5.74) is 3.63. The lowest BCUT2D eigenvalue weighted by Gasteiger charge is -2.04. The molecular formula is C17H15N7O3S. The van der Waals surface area contributed by atoms with Gasteiger partial charge in [0.25, 0.3) is 11.5 Å². The topological polar surface area (TPSA) is 125 Å². The van der Waals surface area contributed by atoms with Gasteiger partial charge in [0, 0.05) is 29.1 Å². The number of nitro benzene ring substituents is 1. The Kier molecular flexibility index (Phi) is 4.51. The number of non-ortho nitro benzene ring substituents is 1. The Labute approximate surface area is 163 Å². The zero-order valence-corrected chi connectivity index (χ0v) is 16.1. The molecule has 0 bridgehead atoms. The van der Waals surface area contributed by atoms with Crippen molar-refractivity contribution in [2.75, 3.05) is 0 Å². The summed E-state index contributed by atoms with van der Waals surface area (Å²) in [5, 5.41) is 23.8. The van der Waals surface area contributed by atoms with Crippen molar-refractivity contribution in [3.05, 3.63) is 57.2 Å². The maximum absolute atomic E-state index is 10.7. The molecule has 0 saturated heterocycles. The van der Waals surface area contributed by atoms with E-state index < -0.39 is 4.92 Å². The summed E-state index contributed by atoms with van der Waals surface area (Å²) in [6, 6.07) is 5.94. The number of aromatic nitrogens is 6. The molecule has 0 fully saturated rings. The van der Waals surface area contributed by atoms with E-state index in [9.17, 15) is 10.1 Å². The molecule has 4 rings (SSSR count). The minimum atomic E-state index is -0.457. The number of hydrogen-bond acceptors (Lipinski definition) is 9. The second-order valence-corrected chi connectivity index (χ2v) is 7.05. The molecule has 3 heterocycles. The van der Waals surface area contributed by atoms with Crippen molar-refractivity contribution in [1.29, 1.82) is 0 Å². The number of benzene rings is 1. The highest BCUT2D eigenvalue weighted by Crippen LogP contribution is 2.25. The van der Waals surface area contributed by atoms with Crippen LogP contribution in [-0.4, -0.2) is 34.7 Å². The molecule has 0 aliphatic rings. The van der Waals surface area contributed by atoms with Gasteiger partial charge >= 0.3 is 0 Å². The maximum Gasteiger partial charge on any atom is 0.269 e. The van der Waals surface area contributed by atoms with Gasteiger partial charge in [0.1, 0.15) is 0 Å². The number of hydrogen-bond donors (Lipinski definition) is 0. The molecule has 4 aromatic rings. The first-order valence-corrected chi connectivity index (χ1v) is 9.31. The molecule has 0 amide bonds. The molecule has 28 heavy (non-hydrogen) atoms. The molecule has 11 heteroatoms. The minimum Gasteiger partial charge on any atom is -0.420 e. The van der Waals surface area contributed by atoms with Crippen LogP contribution in [0.5, 0.6) is 0 Å². The fourth-order valence-corrected chi connectivity index (χ4v) is 3.23. The maximum atomic E-state index is 10.7. The second-order valence-electron chi connectivity index (χ2n) is 6.11. The number of aryl methyl sites for hydroxylation is 2. The molecule has 3 aromatic heterocycles. The summed E-state index contributed by atoms with van der Waals surface area (Å²) in [6.07, 6.45) is 0. The van der Waals surface area contributed by atoms with Crippen LogP contribution < -0.4 is 0 Å². The van der Waals surface area contributed by atoms with Crippen molar-refractivity contribution >= 4 is 23.2 Å². The number of rotatable bonds is 5. The third-order valence-electron chi connectivity index (χ3n) is 4.36. The van der Waals surface area contributed by atoms with Crippen molar-refractivity contribution in [2.24, 2.45) is 0 Å². The molecule has 1 aromatic carbocycles. The molecule has 0 radical (unpaired) electrons. The van der Waals surface area contributed by atoms with Crippen molar-refractivity contribution in [1.82, 2.24) is 29.8 Å². The van der Waals surface area contributed by atoms with E-state index in [4.69, 9.17) is 4.42 Å². The van der Waals surface area contributed by atoms with Crippen LogP contribution in [0, 0.1) is 30.9 Å². The first-order chi connectivity index (χ1) is 13.4. The molecule has 0 aliphatic heterocycles. The highest BCUT2D eigenvalue weighted by Gasteiger charge is 2.14. The van der Waals surface area contributed by atoms with Gasteiger partial charge in [-0.3, -0.25) is 10.1 Å². The number of nitro groups is 1. The number of nitrogens with zero attached hydrogens (tertiary/aromatic N) is 7. The summed E-state index contributed by atoms with van der Waals surface area (Å²) >= 11 is 1.37. The third kappa shape index (κ3) is 3.31. The molecule has 0 atom stereocenters. The van der Waals surface area contributed by atoms with Crippen molar-refractivity contribution < 1.29 is 9.34 Å². The zero-order chi connectivity index (χ0) is 19.8. The molecule has 10 nitrogen and oxygen atoms in total. The highest BCUT2D eigenvalue weighted by molar-refractivity contribution is 7.98. The largest absolute Gasteiger partial charge is 0.420 e. The Hall–Kier alpha value is -3.34. The Morgan fingerprint density at radius 3 is 2.61 bits per heavy atom. The summed E-state index contributed by atoms with van der Waals surface area (Å²) in [6.45, 7) is 5.93. The fraction of sp³-hybridized carbons (Fsp3) is 0.235. The van der Waals surface area contributed by atoms with Crippen molar-refractivity contribution in [2.45, 2.75) is 31.7 Å². The van der Waals surface area contributed by atoms with Crippen LogP contribution in [0.4, 0.5) is 5.69 Å². The predicted octanol–water partition coefficient (Wildman–Crippen LogP) is 3.30. The molecule has 0 saturated carbocycles. The molecule has 0 spiro atoms. The van der Waals surface area contributed by atoms with Crippen LogP contribution in [-0.2, 0) is 5.75 Å². The molecule has 0 N–H and O–H groups in total. The van der Waals surface area contributed by atoms with E-state index >= 15 is 0 Å². The Bertz CT molecular complexity index is 1180. The molecule has 142 valence electrons. The van der Waals surface area contributed by atoms with Crippen molar-refractivity contribution in [3.8, 4) is 11.5 Å². The van der Waals surface area contributed by atoms with Gasteiger partial charge in [-0.2, -0.15) is 4.98 Å². The summed E-state index contributed by atoms with van der Waals surface area (Å²) in [4.78, 5) is 19.2. The van der Waals surface area contributed by atoms with Crippen molar-refractivity contribution in [3.63, 3.8) is 0 Å². The van der Waals surface area contributed by atoms with Gasteiger partial charge in [-0.15, -0.1) is 15.3 Å². The van der Waals surface area contributed by atoms with Gasteiger partial charge < -0.3 is 4.42 Å². The van der Waals surface area contributed by atoms with E-state index in [1.54, 1.807) is 16.6 Å². The van der Waals surface area contributed by atoms with E-state index in [1.165, 1.54) is 23.9 Å². The third-order valence-corrected chi connectivity index (χ3v) is 5.18. The van der Waals surface area contributed by atoms with E-state index in [-0.39, 0.29) is 5.69 Å². The van der Waals surface area contributed by atoms with Gasteiger partial charge in [-0.05, 0) is 38.5 Å². The normalized spacial score (nSPS) is 11.2. The molecule has 0 aliphatic carbocycles. The van der Waals surface area contributed by atoms with Crippen LogP contribution in [0.25, 0.3) is 17.2 Å². The van der Waals surface area contributed by atoms with E-state index in [0.717, 1.165) is 17.0 Å². The first-order valence-electron chi connectivity index (χ1n) is 8.33. The molecular weight excluding hydrogens is 382 g/mol. The lowest BCUT2D eigenvalue weighted by atomic mass is 10.2. The average Bonchev–Trinajstić information content (AvgIpc) is 3.31. The van der Waals surface area contributed by atoms with E-state index in [0.29, 0.717) is 34.0 Å². The number of fused-ring (bicyclic) bond motifs is 1. The summed E-state index contributed by atoms with van der Waals surface area (Å²) < 4.78 is 7.36. The van der Waals surface area contributed by atoms with Crippen LogP contribution in [0.15, 0.2) is 33.8 Å². The lowest BCUT2D eigenvalue weighted by molar-refractivity contribution is -0.384. The Morgan fingerprint density at radius 2 is 1.89 bits per heavy atom. The summed E-state index contributed by atoms with van der Waals surface area (Å²) in [7, 11) is 0. The van der Waals surface area contributed by atoms with Gasteiger partial charge in [0.15, 0.2) is 0 Å². The highest BCUT2D eigenvalue weighted by atomic mass is 32.2. The van der Waals surface area contributed by atoms with Crippen LogP contribution in [0.2, 0.25) is 0 Å². The van der Waals surface area contributed by atoms with Gasteiger partial charge in [0.2, 0.25) is 16.9 Å². The second kappa shape index (κ2) is 7.00. The predicted molar refractivity (Wildman–Crippen MR) is 101 cm³/mol. The first kappa shape index (κ1) is 18.0. The Morgan fingerprint density at radius 1 is 1.14 bits per heavy atom. The minimum absolute atomic E-state index is 0.00587. The summed E-state index contributed by atoms with van der Waals surface area (Å²) in [5.74, 6) is 1.67. The van der Waals surface area contributed by atoms with Gasteiger partial charge in [-0.1, -0.05) is 11.8 Å². The van der Waals surface area contributed by atoms with E-state index in [1.807, 2.05) is 20.8 Å². The van der Waals surface area contributed by atoms with Gasteiger partial charge in [0.05, 0.1) is 10.7 Å². The van der Waals surface area contributed by atoms with E-state index in [2.05, 4.69) is 25.3 Å². The fourth-order valence-electron chi connectivity index (χ4n) is 2.58. The van der Waals surface area contributed by atoms with Crippen LogP contribution >= 0.6 is 11.8 Å². The van der Waals surface area contributed by atoms with Crippen LogP contribution in [0.1, 0.15) is 22.8 Å². The zero-order valence-electron chi connectivity index (χ0n) is 15.3. The van der Waals surface area contributed by atoms with Crippen LogP contribution in [0.3, 0.4) is 0 Å². The SMILES string of the molecule is Cc1nc2nc(SCc3nnc(-c4ccc([N+](=O)[O-])cc4)o3)nn2c(C)c1C. The average molecular weight is 397 g/mol. The quantitative estimate of drug-likeness (QED) is 0.283. The standard InChI is InChI=1S/C17H15N7O3S/c1-9-10(2)18-16-19-17(22-23(16)11(9)3)28-8-14-20-21-15(27-14)12-4-6-13(7-5-12)24(25)26/h4-7H,8H2,1-3H3. The lowest BCUT2D eigenvalue weighted by Crippen LogP contribution is -2.02. The smallest absolute Gasteiger partial charge is 0.269 e. The number of thioether (sulfide) groups is 1. The molecule has 0 unspecified atom stereocenters. The monoisotopic (exact) mass is 397 g/mol. The van der Waals surface area contributed by atoms with Gasteiger partial charge in [-0.25, -0.2) is 9.50 Å². The Balaban J connectivity index is 1.49.